The molecule has 0 aliphatic heterocycles. The Hall–Kier alpha value is -0.810. The lowest BCUT2D eigenvalue weighted by Gasteiger charge is -2.21. The largest absolute Gasteiger partial charge is 0.449 e. The minimum atomic E-state index is -0.544. The molecule has 5 nitrogen and oxygen atoms in total. The number of carbonyl (C=O) groups is 1. The maximum absolute atomic E-state index is 10.6. The van der Waals surface area contributed by atoms with Crippen molar-refractivity contribution in [2.45, 2.75) is 97.0 Å². The molecule has 0 bridgehead atoms. The van der Waals surface area contributed by atoms with E-state index in [1.54, 1.807) is 0 Å². The smallest absolute Gasteiger partial charge is 0.421 e. The lowest BCUT2D eigenvalue weighted by Crippen LogP contribution is -2.30. The molecule has 0 aromatic carbocycles. The van der Waals surface area contributed by atoms with E-state index in [4.69, 9.17) is 15.7 Å². The van der Waals surface area contributed by atoms with Gasteiger partial charge in [0.05, 0.1) is 12.7 Å². The molecule has 0 aromatic rings. The molecule has 138 valence electrons. The maximum Gasteiger partial charge on any atom is 0.421 e. The van der Waals surface area contributed by atoms with E-state index < -0.39 is 6.09 Å². The van der Waals surface area contributed by atoms with E-state index in [9.17, 15) is 4.79 Å². The van der Waals surface area contributed by atoms with E-state index in [0.717, 1.165) is 31.6 Å². The van der Waals surface area contributed by atoms with Crippen LogP contribution in [0, 0.1) is 5.92 Å². The fraction of sp³-hybridized carbons (Fsp3) is 0.944. The second-order valence-corrected chi connectivity index (χ2v) is 6.68. The van der Waals surface area contributed by atoms with Crippen molar-refractivity contribution in [3.63, 3.8) is 0 Å². The van der Waals surface area contributed by atoms with Crippen molar-refractivity contribution in [3.05, 3.63) is 0 Å². The van der Waals surface area contributed by atoms with Crippen LogP contribution in [0.2, 0.25) is 0 Å². The number of ether oxygens (including phenoxy) is 1. The van der Waals surface area contributed by atoms with Crippen LogP contribution in [0.5, 0.6) is 0 Å². The first-order chi connectivity index (χ1) is 11.1. The molecule has 1 aliphatic rings. The zero-order valence-electron chi connectivity index (χ0n) is 15.2. The van der Waals surface area contributed by atoms with Crippen LogP contribution in [0.15, 0.2) is 0 Å². The van der Waals surface area contributed by atoms with Gasteiger partial charge >= 0.3 is 6.09 Å². The quantitative estimate of drug-likeness (QED) is 0.255. The molecule has 0 spiro atoms. The molecule has 0 heterocycles. The fourth-order valence-corrected chi connectivity index (χ4v) is 2.84. The van der Waals surface area contributed by atoms with Crippen LogP contribution >= 0.6 is 0 Å². The van der Waals surface area contributed by atoms with Crippen LogP contribution in [0.4, 0.5) is 4.79 Å². The van der Waals surface area contributed by atoms with Gasteiger partial charge in [-0.25, -0.2) is 10.6 Å². The van der Waals surface area contributed by atoms with Crippen molar-refractivity contribution in [2.24, 2.45) is 11.8 Å². The number of nitrogens with one attached hydrogen (secondary N) is 1. The maximum atomic E-state index is 10.6. The third kappa shape index (κ3) is 15.8. The summed E-state index contributed by atoms with van der Waals surface area (Å²) in [7, 11) is 0. The van der Waals surface area contributed by atoms with Crippen molar-refractivity contribution in [2.75, 3.05) is 6.61 Å². The normalized spacial score (nSPS) is 20.3. The van der Waals surface area contributed by atoms with Gasteiger partial charge in [-0.2, -0.15) is 0 Å². The number of amides is 1. The van der Waals surface area contributed by atoms with Gasteiger partial charge in [0.25, 0.3) is 0 Å². The Kier molecular flexibility index (Phi) is 15.5. The number of carbonyl (C=O) groups excluding carboxylic acids is 1. The average molecular weight is 331 g/mol. The predicted molar refractivity (Wildman–Crippen MR) is 94.9 cm³/mol. The van der Waals surface area contributed by atoms with Gasteiger partial charge in [0.15, 0.2) is 0 Å². The highest BCUT2D eigenvalue weighted by atomic mass is 16.5. The molecule has 1 rings (SSSR count). The molecule has 5 heteroatoms. The van der Waals surface area contributed by atoms with Crippen molar-refractivity contribution in [1.29, 1.82) is 0 Å². The van der Waals surface area contributed by atoms with E-state index in [0.29, 0.717) is 6.61 Å². The molecular weight excluding hydrogens is 292 g/mol. The Morgan fingerprint density at radius 1 is 1.13 bits per heavy atom. The van der Waals surface area contributed by atoms with Gasteiger partial charge in [-0.1, -0.05) is 71.6 Å². The number of hydrogen-bond acceptors (Lipinski definition) is 4. The summed E-state index contributed by atoms with van der Waals surface area (Å²) in [4.78, 5) is 10.6. The zero-order chi connectivity index (χ0) is 17.3. The highest BCUT2D eigenvalue weighted by molar-refractivity contribution is 5.66. The molecule has 0 radical (unpaired) electrons. The van der Waals surface area contributed by atoms with Crippen molar-refractivity contribution < 1.29 is 14.6 Å². The fourth-order valence-electron chi connectivity index (χ4n) is 2.84. The number of unbranched alkanes of at least 4 members (excludes halogenated alkanes) is 7. The first kappa shape index (κ1) is 22.2. The van der Waals surface area contributed by atoms with Gasteiger partial charge in [0.2, 0.25) is 0 Å². The number of aliphatic hydroxyl groups is 1. The standard InChI is InChI=1S/C11H24N2O2.C7H14O/c1-2-3-4-5-6-7-8-9-10-15-11(14)13-12;1-6-3-2-4-7(8)5-6/h2-10,12H2,1H3,(H,13,14);6-8H,2-5H2,1H3. The van der Waals surface area contributed by atoms with Crippen molar-refractivity contribution in [1.82, 2.24) is 5.43 Å². The van der Waals surface area contributed by atoms with Crippen LogP contribution < -0.4 is 11.3 Å². The van der Waals surface area contributed by atoms with E-state index in [1.165, 1.54) is 51.4 Å². The summed E-state index contributed by atoms with van der Waals surface area (Å²) in [6.07, 6.45) is 14.0. The van der Waals surface area contributed by atoms with Crippen LogP contribution in [0.3, 0.4) is 0 Å². The predicted octanol–water partition coefficient (Wildman–Crippen LogP) is 4.28. The van der Waals surface area contributed by atoms with E-state index in [1.807, 2.05) is 5.43 Å². The molecule has 2 atom stereocenters. The van der Waals surface area contributed by atoms with Crippen molar-refractivity contribution >= 4 is 6.09 Å². The summed E-state index contributed by atoms with van der Waals surface area (Å²) < 4.78 is 4.76. The summed E-state index contributed by atoms with van der Waals surface area (Å²) in [5, 5.41) is 9.08. The molecule has 23 heavy (non-hydrogen) atoms. The van der Waals surface area contributed by atoms with E-state index in [2.05, 4.69) is 13.8 Å². The second kappa shape index (κ2) is 16.1. The summed E-state index contributed by atoms with van der Waals surface area (Å²) >= 11 is 0. The summed E-state index contributed by atoms with van der Waals surface area (Å²) in [5.74, 6) is 5.62. The SMILES string of the molecule is CC1CCCC(O)C1.CCCCCCCCCCOC(=O)NN. The molecule has 4 N–H and O–H groups in total. The molecule has 2 unspecified atom stereocenters. The third-order valence-electron chi connectivity index (χ3n) is 4.26. The van der Waals surface area contributed by atoms with Crippen LogP contribution in [0.1, 0.15) is 90.9 Å². The van der Waals surface area contributed by atoms with Gasteiger partial charge in [-0.15, -0.1) is 0 Å². The molecule has 1 aliphatic carbocycles. The molecule has 0 aromatic heterocycles. The topological polar surface area (TPSA) is 84.6 Å². The number of nitrogens with two attached hydrogens (primary N) is 1. The minimum absolute atomic E-state index is 0.0127. The number of hydrazine groups is 1. The highest BCUT2D eigenvalue weighted by Crippen LogP contribution is 2.22. The first-order valence-electron chi connectivity index (χ1n) is 9.41. The second-order valence-electron chi connectivity index (χ2n) is 6.68. The monoisotopic (exact) mass is 330 g/mol. The van der Waals surface area contributed by atoms with Crippen LogP contribution in [-0.2, 0) is 4.74 Å². The Bertz CT molecular complexity index is 267. The Labute approximate surface area is 142 Å². The molecule has 0 saturated heterocycles. The lowest BCUT2D eigenvalue weighted by molar-refractivity contribution is 0.106. The summed E-state index contributed by atoms with van der Waals surface area (Å²) in [6.45, 7) is 4.90. The van der Waals surface area contributed by atoms with Crippen molar-refractivity contribution in [3.8, 4) is 0 Å². The number of rotatable bonds is 9. The van der Waals surface area contributed by atoms with Crippen LogP contribution in [-0.4, -0.2) is 23.9 Å². The Morgan fingerprint density at radius 2 is 1.74 bits per heavy atom. The number of aliphatic hydroxyl groups excluding tert-OH is 1. The van der Waals surface area contributed by atoms with Gasteiger partial charge in [-0.3, -0.25) is 5.43 Å². The highest BCUT2D eigenvalue weighted by Gasteiger charge is 2.15. The Balaban J connectivity index is 0.000000502. The van der Waals surface area contributed by atoms with Crippen LogP contribution in [0.25, 0.3) is 0 Å². The zero-order valence-corrected chi connectivity index (χ0v) is 15.2. The summed E-state index contributed by atoms with van der Waals surface area (Å²) in [6, 6.07) is 0. The third-order valence-corrected chi connectivity index (χ3v) is 4.26. The van der Waals surface area contributed by atoms with Gasteiger partial charge in [0.1, 0.15) is 0 Å². The number of hydrogen-bond donors (Lipinski definition) is 3. The lowest BCUT2D eigenvalue weighted by atomic mass is 9.89. The van der Waals surface area contributed by atoms with Gasteiger partial charge < -0.3 is 9.84 Å². The van der Waals surface area contributed by atoms with E-state index >= 15 is 0 Å². The molecule has 1 saturated carbocycles. The average Bonchev–Trinajstić information content (AvgIpc) is 2.53. The van der Waals surface area contributed by atoms with E-state index in [-0.39, 0.29) is 6.10 Å². The van der Waals surface area contributed by atoms with Gasteiger partial charge in [0, 0.05) is 0 Å². The molecule has 1 fully saturated rings. The molecular formula is C18H38N2O3. The minimum Gasteiger partial charge on any atom is -0.449 e. The summed E-state index contributed by atoms with van der Waals surface area (Å²) in [5.41, 5.74) is 1.93. The molecule has 1 amide bonds. The van der Waals surface area contributed by atoms with Gasteiger partial charge in [-0.05, 0) is 25.2 Å². The first-order valence-corrected chi connectivity index (χ1v) is 9.41. The Morgan fingerprint density at radius 3 is 2.22 bits per heavy atom.